The second-order valence-corrected chi connectivity index (χ2v) is 5.84. The SMILES string of the molecule is CC(CNC1CCCCCC1)N(C)C1CC1. The Bertz CT molecular complexity index is 191. The van der Waals surface area contributed by atoms with E-state index in [1.165, 1.54) is 57.9 Å². The van der Waals surface area contributed by atoms with E-state index < -0.39 is 0 Å². The van der Waals surface area contributed by atoms with E-state index in [1.807, 2.05) is 0 Å². The first-order valence-electron chi connectivity index (χ1n) is 7.22. The average molecular weight is 224 g/mol. The number of nitrogens with zero attached hydrogens (tertiary/aromatic N) is 1. The van der Waals surface area contributed by atoms with E-state index in [1.54, 1.807) is 0 Å². The molecule has 0 aliphatic heterocycles. The van der Waals surface area contributed by atoms with Gasteiger partial charge < -0.3 is 5.32 Å². The third-order valence-corrected chi connectivity index (χ3v) is 4.38. The van der Waals surface area contributed by atoms with Crippen LogP contribution in [-0.4, -0.2) is 36.6 Å². The molecule has 2 nitrogen and oxygen atoms in total. The lowest BCUT2D eigenvalue weighted by atomic mass is 10.1. The van der Waals surface area contributed by atoms with Gasteiger partial charge in [-0.1, -0.05) is 25.7 Å². The molecule has 0 aromatic rings. The van der Waals surface area contributed by atoms with Crippen molar-refractivity contribution in [3.8, 4) is 0 Å². The Hall–Kier alpha value is -0.0800. The van der Waals surface area contributed by atoms with Crippen molar-refractivity contribution in [2.75, 3.05) is 13.6 Å². The summed E-state index contributed by atoms with van der Waals surface area (Å²) in [6.07, 6.45) is 11.4. The smallest absolute Gasteiger partial charge is 0.0192 e. The Morgan fingerprint density at radius 3 is 2.25 bits per heavy atom. The Labute approximate surface area is 101 Å². The van der Waals surface area contributed by atoms with E-state index in [4.69, 9.17) is 0 Å². The highest BCUT2D eigenvalue weighted by molar-refractivity contribution is 4.86. The minimum Gasteiger partial charge on any atom is -0.312 e. The fourth-order valence-corrected chi connectivity index (χ4v) is 2.81. The van der Waals surface area contributed by atoms with Crippen LogP contribution in [0.5, 0.6) is 0 Å². The van der Waals surface area contributed by atoms with Crippen molar-refractivity contribution in [3.63, 3.8) is 0 Å². The molecule has 0 spiro atoms. The van der Waals surface area contributed by atoms with Gasteiger partial charge in [0.25, 0.3) is 0 Å². The van der Waals surface area contributed by atoms with Crippen LogP contribution in [0, 0.1) is 0 Å². The van der Waals surface area contributed by atoms with E-state index in [-0.39, 0.29) is 0 Å². The van der Waals surface area contributed by atoms with Crippen LogP contribution < -0.4 is 5.32 Å². The summed E-state index contributed by atoms with van der Waals surface area (Å²) in [5.41, 5.74) is 0. The van der Waals surface area contributed by atoms with Crippen LogP contribution in [0.2, 0.25) is 0 Å². The lowest BCUT2D eigenvalue weighted by Crippen LogP contribution is -2.42. The third-order valence-electron chi connectivity index (χ3n) is 4.38. The number of rotatable bonds is 5. The van der Waals surface area contributed by atoms with Crippen LogP contribution >= 0.6 is 0 Å². The minimum atomic E-state index is 0.704. The summed E-state index contributed by atoms with van der Waals surface area (Å²) in [5.74, 6) is 0. The molecule has 0 radical (unpaired) electrons. The number of hydrogen-bond donors (Lipinski definition) is 1. The minimum absolute atomic E-state index is 0.704. The summed E-state index contributed by atoms with van der Waals surface area (Å²) in [6.45, 7) is 3.54. The molecule has 2 saturated carbocycles. The Morgan fingerprint density at radius 2 is 1.69 bits per heavy atom. The second-order valence-electron chi connectivity index (χ2n) is 5.84. The van der Waals surface area contributed by atoms with Crippen LogP contribution in [0.4, 0.5) is 0 Å². The molecular weight excluding hydrogens is 196 g/mol. The number of likely N-dealkylation sites (N-methyl/N-ethyl adjacent to an activating group) is 1. The van der Waals surface area contributed by atoms with Gasteiger partial charge in [-0.3, -0.25) is 4.90 Å². The van der Waals surface area contributed by atoms with Gasteiger partial charge in [0.1, 0.15) is 0 Å². The fraction of sp³-hybridized carbons (Fsp3) is 1.00. The molecule has 0 aromatic carbocycles. The van der Waals surface area contributed by atoms with Crippen LogP contribution in [0.1, 0.15) is 58.3 Å². The van der Waals surface area contributed by atoms with Crippen LogP contribution in [0.25, 0.3) is 0 Å². The molecule has 0 aromatic heterocycles. The van der Waals surface area contributed by atoms with Crippen LogP contribution in [0.15, 0.2) is 0 Å². The van der Waals surface area contributed by atoms with Gasteiger partial charge in [-0.05, 0) is 39.7 Å². The number of hydrogen-bond acceptors (Lipinski definition) is 2. The predicted molar refractivity (Wildman–Crippen MR) is 69.7 cm³/mol. The normalized spacial score (nSPS) is 25.7. The molecule has 2 fully saturated rings. The summed E-state index contributed by atoms with van der Waals surface area (Å²) < 4.78 is 0. The topological polar surface area (TPSA) is 15.3 Å². The van der Waals surface area contributed by atoms with E-state index in [0.717, 1.165) is 12.1 Å². The van der Waals surface area contributed by atoms with Gasteiger partial charge >= 0.3 is 0 Å². The molecule has 0 saturated heterocycles. The predicted octanol–water partition coefficient (Wildman–Crippen LogP) is 2.78. The molecule has 2 aliphatic rings. The Balaban J connectivity index is 1.64. The number of nitrogens with one attached hydrogen (secondary N) is 1. The van der Waals surface area contributed by atoms with E-state index in [0.29, 0.717) is 6.04 Å². The molecule has 2 aliphatic carbocycles. The lowest BCUT2D eigenvalue weighted by molar-refractivity contribution is 0.233. The third kappa shape index (κ3) is 3.74. The Kier molecular flexibility index (Phi) is 4.66. The molecule has 94 valence electrons. The molecule has 16 heavy (non-hydrogen) atoms. The zero-order valence-corrected chi connectivity index (χ0v) is 11.0. The molecule has 2 heteroatoms. The maximum absolute atomic E-state index is 3.78. The molecule has 1 unspecified atom stereocenters. The quantitative estimate of drug-likeness (QED) is 0.722. The van der Waals surface area contributed by atoms with Gasteiger partial charge in [0, 0.05) is 24.7 Å². The van der Waals surface area contributed by atoms with Crippen molar-refractivity contribution in [2.45, 2.75) is 76.4 Å². The largest absolute Gasteiger partial charge is 0.312 e. The fourth-order valence-electron chi connectivity index (χ4n) is 2.81. The summed E-state index contributed by atoms with van der Waals surface area (Å²) in [7, 11) is 2.29. The molecular formula is C14H28N2. The molecule has 1 N–H and O–H groups in total. The molecule has 0 heterocycles. The van der Waals surface area contributed by atoms with Gasteiger partial charge in [-0.2, -0.15) is 0 Å². The van der Waals surface area contributed by atoms with Gasteiger partial charge in [-0.15, -0.1) is 0 Å². The van der Waals surface area contributed by atoms with Crippen molar-refractivity contribution >= 4 is 0 Å². The molecule has 0 amide bonds. The van der Waals surface area contributed by atoms with Crippen molar-refractivity contribution in [3.05, 3.63) is 0 Å². The first-order chi connectivity index (χ1) is 7.77. The first kappa shape index (κ1) is 12.4. The maximum atomic E-state index is 3.78. The van der Waals surface area contributed by atoms with Crippen molar-refractivity contribution in [2.24, 2.45) is 0 Å². The zero-order chi connectivity index (χ0) is 11.4. The van der Waals surface area contributed by atoms with E-state index in [2.05, 4.69) is 24.2 Å². The van der Waals surface area contributed by atoms with Gasteiger partial charge in [0.05, 0.1) is 0 Å². The molecule has 0 bridgehead atoms. The highest BCUT2D eigenvalue weighted by Gasteiger charge is 2.29. The first-order valence-corrected chi connectivity index (χ1v) is 7.22. The summed E-state index contributed by atoms with van der Waals surface area (Å²) in [6, 6.07) is 2.40. The molecule has 2 rings (SSSR count). The summed E-state index contributed by atoms with van der Waals surface area (Å²) >= 11 is 0. The van der Waals surface area contributed by atoms with Crippen LogP contribution in [-0.2, 0) is 0 Å². The van der Waals surface area contributed by atoms with Crippen molar-refractivity contribution in [1.82, 2.24) is 10.2 Å². The highest BCUT2D eigenvalue weighted by atomic mass is 15.2. The van der Waals surface area contributed by atoms with E-state index in [9.17, 15) is 0 Å². The van der Waals surface area contributed by atoms with Crippen molar-refractivity contribution < 1.29 is 0 Å². The lowest BCUT2D eigenvalue weighted by Gasteiger charge is -2.27. The second kappa shape index (κ2) is 6.02. The monoisotopic (exact) mass is 224 g/mol. The van der Waals surface area contributed by atoms with Gasteiger partial charge in [-0.25, -0.2) is 0 Å². The highest BCUT2D eigenvalue weighted by Crippen LogP contribution is 2.26. The van der Waals surface area contributed by atoms with Gasteiger partial charge in [0.15, 0.2) is 0 Å². The van der Waals surface area contributed by atoms with E-state index >= 15 is 0 Å². The molecule has 1 atom stereocenters. The van der Waals surface area contributed by atoms with Crippen LogP contribution in [0.3, 0.4) is 0 Å². The summed E-state index contributed by atoms with van der Waals surface area (Å²) in [5, 5.41) is 3.78. The zero-order valence-electron chi connectivity index (χ0n) is 11.0. The van der Waals surface area contributed by atoms with Gasteiger partial charge in [0.2, 0.25) is 0 Å². The summed E-state index contributed by atoms with van der Waals surface area (Å²) in [4.78, 5) is 2.56. The maximum Gasteiger partial charge on any atom is 0.0192 e. The Morgan fingerprint density at radius 1 is 1.06 bits per heavy atom. The average Bonchev–Trinajstić information content (AvgIpc) is 3.11. The standard InChI is InChI=1S/C14H28N2/c1-12(16(2)14-9-10-14)11-15-13-7-5-3-4-6-8-13/h12-15H,3-11H2,1-2H3. The van der Waals surface area contributed by atoms with Crippen molar-refractivity contribution in [1.29, 1.82) is 0 Å².